The third kappa shape index (κ3) is 5.29. The first-order valence-electron chi connectivity index (χ1n) is 7.49. The Morgan fingerprint density at radius 3 is 2.52 bits per heavy atom. The second-order valence-corrected chi connectivity index (χ2v) is 5.66. The summed E-state index contributed by atoms with van der Waals surface area (Å²) in [4.78, 5) is 3.74. The Morgan fingerprint density at radius 1 is 1.16 bits per heavy atom. The lowest BCUT2D eigenvalue weighted by Gasteiger charge is -2.13. The number of nitrogens with two attached hydrogens (primary N) is 2. The molecule has 1 atom stereocenters. The van der Waals surface area contributed by atoms with E-state index in [4.69, 9.17) is 11.5 Å². The lowest BCUT2D eigenvalue weighted by atomic mass is 10.1. The number of halogens is 2. The van der Waals surface area contributed by atoms with Crippen molar-refractivity contribution in [2.45, 2.75) is 6.54 Å². The highest BCUT2D eigenvalue weighted by atomic mass is 79.9. The van der Waals surface area contributed by atoms with Gasteiger partial charge in [0.2, 0.25) is 5.96 Å². The van der Waals surface area contributed by atoms with Crippen molar-refractivity contribution in [1.29, 1.82) is 0 Å². The number of benzene rings is 2. The fourth-order valence-corrected chi connectivity index (χ4v) is 2.84. The van der Waals surface area contributed by atoms with Gasteiger partial charge >= 0.3 is 0 Å². The molecule has 6 nitrogen and oxygen atoms in total. The fraction of sp³-hybridized carbons (Fsp3) is 0.176. The molecule has 0 saturated heterocycles. The molecule has 2 aromatic rings. The predicted octanol–water partition coefficient (Wildman–Crippen LogP) is -2.00. The Morgan fingerprint density at radius 2 is 1.84 bits per heavy atom. The average molecular weight is 470 g/mol. The van der Waals surface area contributed by atoms with Crippen LogP contribution in [0.5, 0.6) is 0 Å². The van der Waals surface area contributed by atoms with Gasteiger partial charge in [0.1, 0.15) is 12.2 Å². The second kappa shape index (κ2) is 9.55. The van der Waals surface area contributed by atoms with E-state index in [1.54, 1.807) is 6.21 Å². The topological polar surface area (TPSA) is 84.4 Å². The van der Waals surface area contributed by atoms with Gasteiger partial charge in [0.25, 0.3) is 0 Å². The predicted molar refractivity (Wildman–Crippen MR) is 104 cm³/mol. The molecule has 1 unspecified atom stereocenters. The number of rotatable bonds is 4. The van der Waals surface area contributed by atoms with E-state index in [1.807, 2.05) is 12.1 Å². The lowest BCUT2D eigenvalue weighted by molar-refractivity contribution is -0.840. The normalized spacial score (nSPS) is 15.2. The molecule has 5 N–H and O–H groups in total. The molecule has 0 spiro atoms. The van der Waals surface area contributed by atoms with Crippen LogP contribution in [0.15, 0.2) is 58.7 Å². The van der Waals surface area contributed by atoms with Gasteiger partial charge in [-0.3, -0.25) is 4.90 Å². The molecule has 0 bridgehead atoms. The molecule has 25 heavy (non-hydrogen) atoms. The summed E-state index contributed by atoms with van der Waals surface area (Å²) in [6.45, 7) is 1.93. The van der Waals surface area contributed by atoms with Crippen LogP contribution in [0, 0.1) is 0 Å². The van der Waals surface area contributed by atoms with Gasteiger partial charge in [-0.2, -0.15) is 5.10 Å². The number of nitrogens with one attached hydrogen (secondary N) is 1. The van der Waals surface area contributed by atoms with E-state index in [-0.39, 0.29) is 39.9 Å². The minimum absolute atomic E-state index is 0. The minimum Gasteiger partial charge on any atom is -1.00 e. The second-order valence-electron chi connectivity index (χ2n) is 5.66. The van der Waals surface area contributed by atoms with Crippen LogP contribution in [0.25, 0.3) is 0 Å². The van der Waals surface area contributed by atoms with E-state index < -0.39 is 0 Å². The number of hydrogen-bond acceptors (Lipinski definition) is 3. The summed E-state index contributed by atoms with van der Waals surface area (Å²) in [5.41, 5.74) is 15.4. The quantitative estimate of drug-likeness (QED) is 0.275. The highest BCUT2D eigenvalue weighted by Gasteiger charge is 2.27. The number of hydrogen-bond donors (Lipinski definition) is 3. The van der Waals surface area contributed by atoms with Gasteiger partial charge < -0.3 is 33.3 Å². The number of nitrogens with zero attached hydrogens (tertiary/aromatic N) is 3. The van der Waals surface area contributed by atoms with Crippen molar-refractivity contribution in [3.8, 4) is 0 Å². The molecule has 0 radical (unpaired) electrons. The monoisotopic (exact) mass is 468 g/mol. The summed E-state index contributed by atoms with van der Waals surface area (Å²) < 4.78 is 0. The van der Waals surface area contributed by atoms with Crippen molar-refractivity contribution in [3.05, 3.63) is 59.7 Å². The van der Waals surface area contributed by atoms with Crippen LogP contribution in [0.1, 0.15) is 11.1 Å². The van der Waals surface area contributed by atoms with E-state index in [0.29, 0.717) is 0 Å². The van der Waals surface area contributed by atoms with E-state index >= 15 is 0 Å². The first-order valence-corrected chi connectivity index (χ1v) is 7.49. The van der Waals surface area contributed by atoms with Crippen molar-refractivity contribution < 1.29 is 21.9 Å². The van der Waals surface area contributed by atoms with Gasteiger partial charge in [-0.25, -0.2) is 0 Å². The Kier molecular flexibility index (Phi) is 8.08. The maximum atomic E-state index is 5.23. The van der Waals surface area contributed by atoms with Crippen LogP contribution < -0.4 is 38.2 Å². The number of para-hydroxylation sites is 2. The van der Waals surface area contributed by atoms with Crippen molar-refractivity contribution in [2.75, 3.05) is 18.6 Å². The van der Waals surface area contributed by atoms with Gasteiger partial charge in [-0.05, 0) is 11.6 Å². The van der Waals surface area contributed by atoms with Crippen molar-refractivity contribution in [2.24, 2.45) is 21.7 Å². The van der Waals surface area contributed by atoms with E-state index in [9.17, 15) is 0 Å². The maximum Gasteiger partial charge on any atom is 0.211 e. The fourth-order valence-electron chi connectivity index (χ4n) is 2.84. The molecule has 1 heterocycles. The zero-order valence-corrected chi connectivity index (χ0v) is 17.2. The minimum atomic E-state index is -0.0433. The molecule has 0 fully saturated rings. The Bertz CT molecular complexity index is 741. The van der Waals surface area contributed by atoms with E-state index in [1.165, 1.54) is 21.8 Å². The summed E-state index contributed by atoms with van der Waals surface area (Å²) in [6, 6.07) is 16.8. The molecule has 2 aromatic carbocycles. The third-order valence-corrected chi connectivity index (χ3v) is 3.90. The van der Waals surface area contributed by atoms with Crippen LogP contribution in [0.3, 0.4) is 0 Å². The highest BCUT2D eigenvalue weighted by molar-refractivity contribution is 8.93. The summed E-state index contributed by atoms with van der Waals surface area (Å²) >= 11 is 0. The van der Waals surface area contributed by atoms with Crippen LogP contribution in [0.4, 0.5) is 11.4 Å². The molecular weight excluding hydrogens is 448 g/mol. The van der Waals surface area contributed by atoms with Crippen LogP contribution in [-0.4, -0.2) is 25.9 Å². The van der Waals surface area contributed by atoms with E-state index in [0.717, 1.165) is 18.8 Å². The first kappa shape index (κ1) is 21.1. The van der Waals surface area contributed by atoms with Crippen LogP contribution in [0.2, 0.25) is 0 Å². The molecule has 3 rings (SSSR count). The molecule has 0 aliphatic carbocycles. The number of quaternary nitrogens is 1. The number of fused-ring (bicyclic) bond motifs is 1. The molecule has 1 aliphatic heterocycles. The summed E-state index contributed by atoms with van der Waals surface area (Å²) in [7, 11) is 2.13. The highest BCUT2D eigenvalue weighted by Crippen LogP contribution is 2.24. The zero-order valence-electron chi connectivity index (χ0n) is 13.9. The summed E-state index contributed by atoms with van der Waals surface area (Å²) in [6.07, 6.45) is 1.63. The number of anilines is 1. The van der Waals surface area contributed by atoms with Crippen LogP contribution in [-0.2, 0) is 6.54 Å². The molecule has 0 aromatic heterocycles. The van der Waals surface area contributed by atoms with Gasteiger partial charge in [-0.15, -0.1) is 22.1 Å². The Hall–Kier alpha value is -1.90. The standard InChI is InChI=1S/C17H20N6.2BrH/c1-22-12-23(16-5-3-2-4-15(16)22)11-14-8-6-13(7-9-14)10-20-21-17(18)19;;/h2-10H,11-12H2,1H3,(H4,18,19,21);2*1H/b20-10+;;. The maximum absolute atomic E-state index is 5.23. The third-order valence-electron chi connectivity index (χ3n) is 3.90. The largest absolute Gasteiger partial charge is 1.00 e. The zero-order chi connectivity index (χ0) is 16.2. The van der Waals surface area contributed by atoms with Crippen molar-refractivity contribution >= 4 is 40.5 Å². The summed E-state index contributed by atoms with van der Waals surface area (Å²) in [5.74, 6) is -0.0433. The molecule has 8 heteroatoms. The molecule has 0 saturated carbocycles. The molecule has 0 amide bonds. The SMILES string of the molecule is Br.CN1C[NH+](Cc2ccc(/C=N/N=C(N)N)cc2)c2ccccc21.[Br-]. The Balaban J connectivity index is 0.00000156. The Labute approximate surface area is 168 Å². The summed E-state index contributed by atoms with van der Waals surface area (Å²) in [5, 5.41) is 7.41. The van der Waals surface area contributed by atoms with Crippen molar-refractivity contribution in [1.82, 2.24) is 0 Å². The lowest BCUT2D eigenvalue weighted by Crippen LogP contribution is -3.05. The van der Waals surface area contributed by atoms with Crippen LogP contribution >= 0.6 is 17.0 Å². The van der Waals surface area contributed by atoms with E-state index in [2.05, 4.69) is 58.5 Å². The smallest absolute Gasteiger partial charge is 0.211 e. The molecular formula is C17H22Br2N6. The van der Waals surface area contributed by atoms with Gasteiger partial charge in [0.05, 0.1) is 6.21 Å². The van der Waals surface area contributed by atoms with Crippen molar-refractivity contribution in [3.63, 3.8) is 0 Å². The first-order chi connectivity index (χ1) is 11.1. The number of guanidine groups is 1. The average Bonchev–Trinajstić information content (AvgIpc) is 2.85. The molecule has 1 aliphatic rings. The van der Waals surface area contributed by atoms with Gasteiger partial charge in [-0.1, -0.05) is 36.4 Å². The molecule has 134 valence electrons. The van der Waals surface area contributed by atoms with Gasteiger partial charge in [0.15, 0.2) is 12.4 Å². The van der Waals surface area contributed by atoms with Gasteiger partial charge in [0, 0.05) is 18.7 Å².